The highest BCUT2D eigenvalue weighted by atomic mass is 16.5. The van der Waals surface area contributed by atoms with Gasteiger partial charge in [-0.05, 0) is 0 Å². The van der Waals surface area contributed by atoms with E-state index in [-0.39, 0.29) is 12.1 Å². The van der Waals surface area contributed by atoms with E-state index in [9.17, 15) is 9.59 Å². The molecule has 18 heavy (non-hydrogen) atoms. The number of hydrogen-bond acceptors (Lipinski definition) is 6. The van der Waals surface area contributed by atoms with E-state index in [4.69, 9.17) is 15.6 Å². The van der Waals surface area contributed by atoms with Crippen molar-refractivity contribution in [2.45, 2.75) is 12.5 Å². The average molecular weight is 254 g/mol. The number of aliphatic carboxylic acids is 1. The number of nitrogen functional groups attached to an aromatic ring is 1. The predicted molar refractivity (Wildman–Crippen MR) is 63.5 cm³/mol. The summed E-state index contributed by atoms with van der Waals surface area (Å²) < 4.78 is 5.33. The molecule has 98 valence electrons. The van der Waals surface area contributed by atoms with Gasteiger partial charge in [0.15, 0.2) is 5.82 Å². The minimum Gasteiger partial charge on any atom is -0.481 e. The van der Waals surface area contributed by atoms with E-state index in [2.05, 4.69) is 9.97 Å². The maximum absolute atomic E-state index is 11.4. The SMILES string of the molecule is Nc1c(N2CCOC(CC(=O)O)C2)nc[nH]c1=O. The van der Waals surface area contributed by atoms with Crippen molar-refractivity contribution in [3.8, 4) is 0 Å². The third-order valence-electron chi connectivity index (χ3n) is 2.71. The van der Waals surface area contributed by atoms with Gasteiger partial charge in [-0.2, -0.15) is 0 Å². The number of aromatic amines is 1. The molecule has 0 spiro atoms. The minimum atomic E-state index is -0.923. The summed E-state index contributed by atoms with van der Waals surface area (Å²) in [5.41, 5.74) is 5.29. The van der Waals surface area contributed by atoms with Gasteiger partial charge in [0.05, 0.1) is 25.5 Å². The van der Waals surface area contributed by atoms with Crippen LogP contribution < -0.4 is 16.2 Å². The number of carbonyl (C=O) groups is 1. The fourth-order valence-corrected chi connectivity index (χ4v) is 1.88. The number of morpholine rings is 1. The summed E-state index contributed by atoms with van der Waals surface area (Å²) in [6.45, 7) is 1.26. The standard InChI is InChI=1S/C10H14N4O4/c11-8-9(12-5-13-10(8)17)14-1-2-18-6(4-14)3-7(15)16/h5-6H,1-4,11H2,(H,15,16)(H,12,13,17). The van der Waals surface area contributed by atoms with Crippen LogP contribution in [0.2, 0.25) is 0 Å². The Morgan fingerprint density at radius 2 is 2.50 bits per heavy atom. The predicted octanol–water partition coefficient (Wildman–Crippen LogP) is -0.968. The van der Waals surface area contributed by atoms with Crippen LogP contribution in [0.25, 0.3) is 0 Å². The zero-order valence-corrected chi connectivity index (χ0v) is 9.63. The molecule has 1 aromatic heterocycles. The number of nitrogens with zero attached hydrogens (tertiary/aromatic N) is 2. The van der Waals surface area contributed by atoms with Gasteiger partial charge in [0.2, 0.25) is 0 Å². The molecule has 0 radical (unpaired) electrons. The van der Waals surface area contributed by atoms with Crippen molar-refractivity contribution in [2.75, 3.05) is 30.3 Å². The van der Waals surface area contributed by atoms with Crippen LogP contribution in [-0.2, 0) is 9.53 Å². The van der Waals surface area contributed by atoms with Crippen molar-refractivity contribution >= 4 is 17.5 Å². The first-order valence-electron chi connectivity index (χ1n) is 5.49. The van der Waals surface area contributed by atoms with E-state index in [1.54, 1.807) is 4.90 Å². The van der Waals surface area contributed by atoms with Gasteiger partial charge in [-0.3, -0.25) is 9.59 Å². The van der Waals surface area contributed by atoms with Crippen molar-refractivity contribution < 1.29 is 14.6 Å². The second kappa shape index (κ2) is 5.05. The molecule has 0 aromatic carbocycles. The lowest BCUT2D eigenvalue weighted by Crippen LogP contribution is -2.44. The van der Waals surface area contributed by atoms with Crippen molar-refractivity contribution in [3.05, 3.63) is 16.7 Å². The van der Waals surface area contributed by atoms with Gasteiger partial charge in [0, 0.05) is 13.1 Å². The second-order valence-electron chi connectivity index (χ2n) is 4.01. The molecule has 2 rings (SSSR count). The molecule has 1 saturated heterocycles. The Labute approximate surface area is 102 Å². The van der Waals surface area contributed by atoms with Gasteiger partial charge < -0.3 is 25.5 Å². The van der Waals surface area contributed by atoms with Crippen LogP contribution in [0, 0.1) is 0 Å². The average Bonchev–Trinajstić information content (AvgIpc) is 2.32. The second-order valence-corrected chi connectivity index (χ2v) is 4.01. The van der Waals surface area contributed by atoms with Crippen molar-refractivity contribution in [1.29, 1.82) is 0 Å². The Bertz CT molecular complexity index is 501. The normalized spacial score (nSPS) is 19.8. The first-order chi connectivity index (χ1) is 8.58. The molecule has 8 nitrogen and oxygen atoms in total. The van der Waals surface area contributed by atoms with Crippen molar-refractivity contribution in [2.24, 2.45) is 0 Å². The lowest BCUT2D eigenvalue weighted by atomic mass is 10.2. The van der Waals surface area contributed by atoms with E-state index < -0.39 is 17.6 Å². The van der Waals surface area contributed by atoms with Crippen molar-refractivity contribution in [3.63, 3.8) is 0 Å². The number of ether oxygens (including phenoxy) is 1. The van der Waals surface area contributed by atoms with Gasteiger partial charge in [0.25, 0.3) is 5.56 Å². The fraction of sp³-hybridized carbons (Fsp3) is 0.500. The Hall–Kier alpha value is -2.09. The molecule has 1 aliphatic heterocycles. The van der Waals surface area contributed by atoms with Crippen LogP contribution in [0.1, 0.15) is 6.42 Å². The topological polar surface area (TPSA) is 122 Å². The molecule has 1 fully saturated rings. The quantitative estimate of drug-likeness (QED) is 0.634. The summed E-state index contributed by atoms with van der Waals surface area (Å²) in [7, 11) is 0. The first-order valence-corrected chi connectivity index (χ1v) is 5.49. The molecule has 0 saturated carbocycles. The zero-order valence-electron chi connectivity index (χ0n) is 9.63. The van der Waals surface area contributed by atoms with Crippen LogP contribution in [0.15, 0.2) is 11.1 Å². The number of carboxylic acids is 1. The molecule has 8 heteroatoms. The Kier molecular flexibility index (Phi) is 3.47. The number of hydrogen-bond donors (Lipinski definition) is 3. The number of nitrogens with one attached hydrogen (secondary N) is 1. The highest BCUT2D eigenvalue weighted by molar-refractivity contribution is 5.68. The van der Waals surface area contributed by atoms with Crippen LogP contribution in [-0.4, -0.2) is 46.8 Å². The summed E-state index contributed by atoms with van der Waals surface area (Å²) >= 11 is 0. The molecule has 0 bridgehead atoms. The molecule has 0 amide bonds. The Morgan fingerprint density at radius 3 is 3.22 bits per heavy atom. The number of H-pyrrole nitrogens is 1. The van der Waals surface area contributed by atoms with Gasteiger partial charge >= 0.3 is 5.97 Å². The van der Waals surface area contributed by atoms with Gasteiger partial charge in [-0.15, -0.1) is 0 Å². The molecule has 1 unspecified atom stereocenters. The summed E-state index contributed by atoms with van der Waals surface area (Å²) in [6.07, 6.45) is 0.770. The third kappa shape index (κ3) is 2.59. The van der Waals surface area contributed by atoms with Crippen LogP contribution in [0.3, 0.4) is 0 Å². The zero-order chi connectivity index (χ0) is 13.1. The smallest absolute Gasteiger partial charge is 0.306 e. The van der Waals surface area contributed by atoms with E-state index >= 15 is 0 Å². The number of aromatic nitrogens is 2. The maximum atomic E-state index is 11.4. The van der Waals surface area contributed by atoms with Crippen LogP contribution in [0.5, 0.6) is 0 Å². The maximum Gasteiger partial charge on any atom is 0.306 e. The number of rotatable bonds is 3. The highest BCUT2D eigenvalue weighted by Crippen LogP contribution is 2.19. The van der Waals surface area contributed by atoms with Crippen LogP contribution >= 0.6 is 0 Å². The molecular weight excluding hydrogens is 240 g/mol. The van der Waals surface area contributed by atoms with E-state index in [1.165, 1.54) is 6.33 Å². The van der Waals surface area contributed by atoms with Gasteiger partial charge in [-0.25, -0.2) is 4.98 Å². The lowest BCUT2D eigenvalue weighted by molar-refractivity contribution is -0.140. The number of nitrogens with two attached hydrogens (primary N) is 1. The van der Waals surface area contributed by atoms with Gasteiger partial charge in [-0.1, -0.05) is 0 Å². The van der Waals surface area contributed by atoms with E-state index in [1.807, 2.05) is 0 Å². The van der Waals surface area contributed by atoms with Crippen LogP contribution in [0.4, 0.5) is 11.5 Å². The summed E-state index contributed by atoms with van der Waals surface area (Å²) in [5, 5.41) is 8.73. The minimum absolute atomic E-state index is 0.0356. The Balaban J connectivity index is 2.15. The number of anilines is 2. The van der Waals surface area contributed by atoms with Crippen molar-refractivity contribution in [1.82, 2.24) is 9.97 Å². The molecule has 1 aromatic rings. The molecular formula is C10H14N4O4. The summed E-state index contributed by atoms with van der Waals surface area (Å²) in [4.78, 5) is 30.2. The summed E-state index contributed by atoms with van der Waals surface area (Å²) in [5.74, 6) is -0.550. The lowest BCUT2D eigenvalue weighted by Gasteiger charge is -2.33. The monoisotopic (exact) mass is 254 g/mol. The first kappa shape index (κ1) is 12.4. The molecule has 1 atom stereocenters. The molecule has 0 aliphatic carbocycles. The van der Waals surface area contributed by atoms with E-state index in [0.29, 0.717) is 25.5 Å². The molecule has 1 aliphatic rings. The third-order valence-corrected chi connectivity index (χ3v) is 2.71. The molecule has 4 N–H and O–H groups in total. The van der Waals surface area contributed by atoms with E-state index in [0.717, 1.165) is 0 Å². The number of carboxylic acid groups (broad SMARTS) is 1. The summed E-state index contributed by atoms with van der Waals surface area (Å²) in [6, 6.07) is 0. The fourth-order valence-electron chi connectivity index (χ4n) is 1.88. The van der Waals surface area contributed by atoms with Gasteiger partial charge in [0.1, 0.15) is 5.69 Å². The highest BCUT2D eigenvalue weighted by Gasteiger charge is 2.25. The molecule has 2 heterocycles. The largest absolute Gasteiger partial charge is 0.481 e. The Morgan fingerprint density at radius 1 is 1.72 bits per heavy atom.